The van der Waals surface area contributed by atoms with Gasteiger partial charge in [-0.25, -0.2) is 9.97 Å². The number of hydrogen-bond acceptors (Lipinski definition) is 6. The summed E-state index contributed by atoms with van der Waals surface area (Å²) in [5.74, 6) is 2.69. The van der Waals surface area contributed by atoms with Crippen LogP contribution in [0.3, 0.4) is 0 Å². The second kappa shape index (κ2) is 6.48. The van der Waals surface area contributed by atoms with Crippen molar-refractivity contribution in [3.05, 3.63) is 54.6 Å². The Hall–Kier alpha value is -3.41. The van der Waals surface area contributed by atoms with E-state index in [1.165, 1.54) is 0 Å². The highest BCUT2D eigenvalue weighted by atomic mass is 16.5. The SMILES string of the molecule is COc1cc2nccc(Oc3cc4cncnc4cc3C)c2cc1OC. The van der Waals surface area contributed by atoms with Crippen LogP contribution in [0.5, 0.6) is 23.0 Å². The Morgan fingerprint density at radius 1 is 0.808 bits per heavy atom. The fourth-order valence-corrected chi connectivity index (χ4v) is 2.88. The van der Waals surface area contributed by atoms with Gasteiger partial charge < -0.3 is 14.2 Å². The molecule has 26 heavy (non-hydrogen) atoms. The Balaban J connectivity index is 1.83. The number of rotatable bonds is 4. The predicted molar refractivity (Wildman–Crippen MR) is 99.2 cm³/mol. The van der Waals surface area contributed by atoms with Crippen LogP contribution >= 0.6 is 0 Å². The van der Waals surface area contributed by atoms with Crippen LogP contribution in [0.15, 0.2) is 49.1 Å². The van der Waals surface area contributed by atoms with Crippen LogP contribution in [0.2, 0.25) is 0 Å². The van der Waals surface area contributed by atoms with Crippen molar-refractivity contribution in [1.82, 2.24) is 15.0 Å². The van der Waals surface area contributed by atoms with Crippen LogP contribution < -0.4 is 14.2 Å². The molecule has 0 aliphatic rings. The van der Waals surface area contributed by atoms with E-state index in [4.69, 9.17) is 14.2 Å². The van der Waals surface area contributed by atoms with Gasteiger partial charge >= 0.3 is 0 Å². The van der Waals surface area contributed by atoms with Crippen LogP contribution in [0, 0.1) is 6.92 Å². The lowest BCUT2D eigenvalue weighted by molar-refractivity contribution is 0.355. The molecule has 0 spiro atoms. The molecule has 0 bridgehead atoms. The van der Waals surface area contributed by atoms with E-state index in [0.29, 0.717) is 17.2 Å². The molecule has 130 valence electrons. The van der Waals surface area contributed by atoms with Gasteiger partial charge in [0.15, 0.2) is 11.5 Å². The largest absolute Gasteiger partial charge is 0.493 e. The van der Waals surface area contributed by atoms with E-state index < -0.39 is 0 Å². The van der Waals surface area contributed by atoms with E-state index in [1.54, 1.807) is 32.9 Å². The maximum Gasteiger partial charge on any atom is 0.162 e. The van der Waals surface area contributed by atoms with E-state index in [9.17, 15) is 0 Å². The molecule has 0 aliphatic carbocycles. The summed E-state index contributed by atoms with van der Waals surface area (Å²) < 4.78 is 17.0. The first kappa shape index (κ1) is 16.1. The maximum atomic E-state index is 6.21. The molecule has 0 saturated carbocycles. The van der Waals surface area contributed by atoms with Gasteiger partial charge in [0.25, 0.3) is 0 Å². The Morgan fingerprint density at radius 3 is 2.42 bits per heavy atom. The van der Waals surface area contributed by atoms with Crippen molar-refractivity contribution in [3.8, 4) is 23.0 Å². The number of fused-ring (bicyclic) bond motifs is 2. The summed E-state index contributed by atoms with van der Waals surface area (Å²) in [4.78, 5) is 12.8. The molecule has 4 aromatic rings. The van der Waals surface area contributed by atoms with E-state index >= 15 is 0 Å². The lowest BCUT2D eigenvalue weighted by Gasteiger charge is -2.14. The summed E-state index contributed by atoms with van der Waals surface area (Å²) in [6, 6.07) is 9.47. The quantitative estimate of drug-likeness (QED) is 0.548. The number of nitrogens with zero attached hydrogens (tertiary/aromatic N) is 3. The van der Waals surface area contributed by atoms with Gasteiger partial charge in [-0.15, -0.1) is 0 Å². The molecule has 0 amide bonds. The molecule has 0 radical (unpaired) electrons. The molecule has 0 saturated heterocycles. The predicted octanol–water partition coefficient (Wildman–Crippen LogP) is 4.30. The number of benzene rings is 2. The van der Waals surface area contributed by atoms with E-state index in [-0.39, 0.29) is 0 Å². The summed E-state index contributed by atoms with van der Waals surface area (Å²) in [7, 11) is 3.21. The van der Waals surface area contributed by atoms with Crippen LogP contribution in [-0.4, -0.2) is 29.2 Å². The average molecular weight is 347 g/mol. The standard InChI is InChI=1S/C20H17N3O3/c1-12-6-15-13(10-21-11-23-15)7-18(12)26-17-4-5-22-16-9-20(25-3)19(24-2)8-14(16)17/h4-11H,1-3H3. The lowest BCUT2D eigenvalue weighted by atomic mass is 10.1. The third kappa shape index (κ3) is 2.75. The molecule has 0 aliphatic heterocycles. The molecule has 0 fully saturated rings. The highest BCUT2D eigenvalue weighted by Crippen LogP contribution is 2.37. The molecule has 2 aromatic carbocycles. The van der Waals surface area contributed by atoms with Gasteiger partial charge in [-0.05, 0) is 36.8 Å². The normalized spacial score (nSPS) is 10.9. The van der Waals surface area contributed by atoms with Crippen molar-refractivity contribution in [2.24, 2.45) is 0 Å². The molecular weight excluding hydrogens is 330 g/mol. The van der Waals surface area contributed by atoms with Gasteiger partial charge in [-0.3, -0.25) is 4.98 Å². The van der Waals surface area contributed by atoms with Crippen LogP contribution in [-0.2, 0) is 0 Å². The number of methoxy groups -OCH3 is 2. The molecule has 6 nitrogen and oxygen atoms in total. The number of ether oxygens (including phenoxy) is 3. The molecule has 0 atom stereocenters. The molecule has 4 rings (SSSR count). The van der Waals surface area contributed by atoms with E-state index in [2.05, 4.69) is 15.0 Å². The van der Waals surface area contributed by atoms with Crippen LogP contribution in [0.4, 0.5) is 0 Å². The van der Waals surface area contributed by atoms with Gasteiger partial charge in [-0.1, -0.05) is 0 Å². The molecular formula is C20H17N3O3. The second-order valence-electron chi connectivity index (χ2n) is 5.83. The third-order valence-electron chi connectivity index (χ3n) is 4.23. The summed E-state index contributed by atoms with van der Waals surface area (Å²) in [5, 5.41) is 1.76. The van der Waals surface area contributed by atoms with Crippen molar-refractivity contribution in [1.29, 1.82) is 0 Å². The maximum absolute atomic E-state index is 6.21. The van der Waals surface area contributed by atoms with Crippen molar-refractivity contribution in [2.75, 3.05) is 14.2 Å². The summed E-state index contributed by atoms with van der Waals surface area (Å²) in [6.45, 7) is 1.99. The van der Waals surface area contributed by atoms with Crippen molar-refractivity contribution >= 4 is 21.8 Å². The number of aryl methyl sites for hydroxylation is 1. The van der Waals surface area contributed by atoms with Gasteiger partial charge in [0.1, 0.15) is 17.8 Å². The second-order valence-corrected chi connectivity index (χ2v) is 5.83. The van der Waals surface area contributed by atoms with E-state index in [0.717, 1.165) is 33.1 Å². The molecule has 6 heteroatoms. The third-order valence-corrected chi connectivity index (χ3v) is 4.23. The monoisotopic (exact) mass is 347 g/mol. The number of aromatic nitrogens is 3. The zero-order chi connectivity index (χ0) is 18.1. The van der Waals surface area contributed by atoms with Crippen LogP contribution in [0.25, 0.3) is 21.8 Å². The van der Waals surface area contributed by atoms with Crippen molar-refractivity contribution in [3.63, 3.8) is 0 Å². The van der Waals surface area contributed by atoms with Gasteiger partial charge in [0.05, 0.1) is 25.3 Å². The fraction of sp³-hybridized carbons (Fsp3) is 0.150. The Labute approximate surface area is 150 Å². The summed E-state index contributed by atoms with van der Waals surface area (Å²) >= 11 is 0. The first-order valence-electron chi connectivity index (χ1n) is 8.08. The Morgan fingerprint density at radius 2 is 1.62 bits per heavy atom. The minimum atomic E-state index is 0.626. The number of pyridine rings is 1. The molecule has 0 N–H and O–H groups in total. The first-order chi connectivity index (χ1) is 12.7. The minimum Gasteiger partial charge on any atom is -0.493 e. The zero-order valence-electron chi connectivity index (χ0n) is 14.7. The van der Waals surface area contributed by atoms with Gasteiger partial charge in [-0.2, -0.15) is 0 Å². The number of hydrogen-bond donors (Lipinski definition) is 0. The first-order valence-corrected chi connectivity index (χ1v) is 8.08. The highest BCUT2D eigenvalue weighted by molar-refractivity contribution is 5.88. The molecule has 2 aromatic heterocycles. The summed E-state index contributed by atoms with van der Waals surface area (Å²) in [5.41, 5.74) is 2.64. The van der Waals surface area contributed by atoms with Crippen LogP contribution in [0.1, 0.15) is 5.56 Å². The van der Waals surface area contributed by atoms with Gasteiger partial charge in [0, 0.05) is 29.2 Å². The topological polar surface area (TPSA) is 66.4 Å². The zero-order valence-corrected chi connectivity index (χ0v) is 14.7. The average Bonchev–Trinajstić information content (AvgIpc) is 2.67. The molecule has 0 unspecified atom stereocenters. The minimum absolute atomic E-state index is 0.626. The molecule has 2 heterocycles. The van der Waals surface area contributed by atoms with Crippen molar-refractivity contribution in [2.45, 2.75) is 6.92 Å². The smallest absolute Gasteiger partial charge is 0.162 e. The Bertz CT molecular complexity index is 1110. The summed E-state index contributed by atoms with van der Waals surface area (Å²) in [6.07, 6.45) is 5.02. The van der Waals surface area contributed by atoms with E-state index in [1.807, 2.05) is 37.3 Å². The Kier molecular flexibility index (Phi) is 4.01. The van der Waals surface area contributed by atoms with Gasteiger partial charge in [0.2, 0.25) is 0 Å². The fourth-order valence-electron chi connectivity index (χ4n) is 2.88. The van der Waals surface area contributed by atoms with Crippen molar-refractivity contribution < 1.29 is 14.2 Å². The lowest BCUT2D eigenvalue weighted by Crippen LogP contribution is -1.94. The highest BCUT2D eigenvalue weighted by Gasteiger charge is 2.12.